The van der Waals surface area contributed by atoms with Gasteiger partial charge in [0.25, 0.3) is 0 Å². The van der Waals surface area contributed by atoms with Crippen molar-refractivity contribution < 1.29 is 13.5 Å². The van der Waals surface area contributed by atoms with E-state index in [4.69, 9.17) is 10.1 Å². The SMILES string of the molecule is C=C(/C=C\N(C)C)c1ccc2c(c1)[C@H](Nc1ccccc1OC(F)(F)I)C[C@H](C)N2C(C)=N. The first-order valence-electron chi connectivity index (χ1n) is 10.6. The van der Waals surface area contributed by atoms with Crippen LogP contribution in [-0.4, -0.2) is 35.0 Å². The summed E-state index contributed by atoms with van der Waals surface area (Å²) in [4.78, 5) is 3.94. The highest BCUT2D eigenvalue weighted by Crippen LogP contribution is 2.42. The smallest absolute Gasteiger partial charge is 0.423 e. The van der Waals surface area contributed by atoms with E-state index in [1.807, 2.05) is 48.3 Å². The van der Waals surface area contributed by atoms with Crippen molar-refractivity contribution in [3.8, 4) is 5.75 Å². The Morgan fingerprint density at radius 2 is 2.00 bits per heavy atom. The lowest BCUT2D eigenvalue weighted by Crippen LogP contribution is -2.43. The summed E-state index contributed by atoms with van der Waals surface area (Å²) in [6.07, 6.45) is 4.56. The van der Waals surface area contributed by atoms with Gasteiger partial charge in [-0.15, -0.1) is 0 Å². The van der Waals surface area contributed by atoms with E-state index >= 15 is 0 Å². The minimum atomic E-state index is -3.31. The summed E-state index contributed by atoms with van der Waals surface area (Å²) in [7, 11) is 3.89. The number of benzene rings is 2. The van der Waals surface area contributed by atoms with E-state index in [-0.39, 0.29) is 17.8 Å². The molecule has 2 aromatic rings. The summed E-state index contributed by atoms with van der Waals surface area (Å²) in [6, 6.07) is 12.7. The maximum absolute atomic E-state index is 13.6. The monoisotopic (exact) mass is 566 g/mol. The van der Waals surface area contributed by atoms with Crippen LogP contribution in [-0.2, 0) is 0 Å². The minimum Gasteiger partial charge on any atom is -0.423 e. The number of para-hydroxylation sites is 2. The fourth-order valence-corrected chi connectivity index (χ4v) is 4.27. The van der Waals surface area contributed by atoms with E-state index in [1.165, 1.54) is 6.07 Å². The second kappa shape index (κ2) is 10.1. The van der Waals surface area contributed by atoms with E-state index in [0.29, 0.717) is 17.9 Å². The molecule has 0 radical (unpaired) electrons. The summed E-state index contributed by atoms with van der Waals surface area (Å²) in [5, 5.41) is 11.7. The summed E-state index contributed by atoms with van der Waals surface area (Å²) in [6.45, 7) is 8.01. The second-order valence-corrected chi connectivity index (χ2v) is 9.62. The molecule has 1 aliphatic heterocycles. The fraction of sp³-hybridized carbons (Fsp3) is 0.320. The Hall–Kier alpha value is -2.62. The molecule has 2 aromatic carbocycles. The molecule has 0 bridgehead atoms. The van der Waals surface area contributed by atoms with Crippen molar-refractivity contribution >= 4 is 45.4 Å². The van der Waals surface area contributed by atoms with Crippen molar-refractivity contribution in [3.63, 3.8) is 0 Å². The van der Waals surface area contributed by atoms with Gasteiger partial charge >= 0.3 is 4.12 Å². The van der Waals surface area contributed by atoms with Gasteiger partial charge in [0.1, 0.15) is 5.75 Å². The number of rotatable bonds is 7. The molecule has 2 N–H and O–H groups in total. The molecule has 0 aromatic heterocycles. The first kappa shape index (κ1) is 25.0. The van der Waals surface area contributed by atoms with Gasteiger partial charge in [0.05, 0.1) is 40.2 Å². The van der Waals surface area contributed by atoms with Crippen LogP contribution in [0.2, 0.25) is 0 Å². The third-order valence-corrected chi connectivity index (χ3v) is 5.65. The largest absolute Gasteiger partial charge is 0.451 e. The topological polar surface area (TPSA) is 51.6 Å². The van der Waals surface area contributed by atoms with Crippen LogP contribution < -0.4 is 15.0 Å². The molecular weight excluding hydrogens is 537 g/mol. The summed E-state index contributed by atoms with van der Waals surface area (Å²) < 4.78 is 28.7. The zero-order valence-corrected chi connectivity index (χ0v) is 21.4. The Labute approximate surface area is 207 Å². The van der Waals surface area contributed by atoms with Crippen LogP contribution in [0.1, 0.15) is 37.4 Å². The molecule has 0 aliphatic carbocycles. The van der Waals surface area contributed by atoms with Gasteiger partial charge in [-0.25, -0.2) is 0 Å². The summed E-state index contributed by atoms with van der Waals surface area (Å²) in [5.74, 6) is 0.542. The zero-order chi connectivity index (χ0) is 24.3. The van der Waals surface area contributed by atoms with Crippen molar-refractivity contribution in [2.75, 3.05) is 24.3 Å². The Kier molecular flexibility index (Phi) is 7.66. The number of ether oxygens (including phenoxy) is 1. The van der Waals surface area contributed by atoms with Crippen molar-refractivity contribution in [1.29, 1.82) is 5.41 Å². The van der Waals surface area contributed by atoms with Crippen LogP contribution in [0.3, 0.4) is 0 Å². The maximum atomic E-state index is 13.6. The molecule has 176 valence electrons. The minimum absolute atomic E-state index is 0.0503. The number of allylic oxidation sites excluding steroid dienone is 2. The van der Waals surface area contributed by atoms with Gasteiger partial charge in [-0.3, -0.25) is 5.41 Å². The number of nitrogens with zero attached hydrogens (tertiary/aromatic N) is 2. The first-order valence-corrected chi connectivity index (χ1v) is 11.7. The number of fused-ring (bicyclic) bond motifs is 1. The van der Waals surface area contributed by atoms with Gasteiger partial charge in [-0.1, -0.05) is 24.8 Å². The van der Waals surface area contributed by atoms with Crippen LogP contribution in [0.15, 0.2) is 61.3 Å². The number of hydrogen-bond donors (Lipinski definition) is 2. The summed E-state index contributed by atoms with van der Waals surface area (Å²) in [5.41, 5.74) is 4.21. The Bertz CT molecular complexity index is 1060. The molecule has 0 spiro atoms. The van der Waals surface area contributed by atoms with E-state index in [2.05, 4.69) is 24.9 Å². The molecule has 0 amide bonds. The highest BCUT2D eigenvalue weighted by molar-refractivity contribution is 14.1. The van der Waals surface area contributed by atoms with Crippen LogP contribution >= 0.6 is 22.6 Å². The molecule has 0 fully saturated rings. The first-order chi connectivity index (χ1) is 15.5. The van der Waals surface area contributed by atoms with Crippen LogP contribution in [0.25, 0.3) is 5.57 Å². The number of hydrogen-bond acceptors (Lipinski definition) is 4. The van der Waals surface area contributed by atoms with Crippen LogP contribution in [0, 0.1) is 5.41 Å². The quantitative estimate of drug-likeness (QED) is 0.126. The zero-order valence-electron chi connectivity index (χ0n) is 19.2. The molecule has 1 aliphatic rings. The molecule has 1 heterocycles. The Morgan fingerprint density at radius 3 is 2.64 bits per heavy atom. The van der Waals surface area contributed by atoms with E-state index in [0.717, 1.165) is 45.0 Å². The number of halogens is 3. The molecule has 33 heavy (non-hydrogen) atoms. The number of nitrogens with one attached hydrogen (secondary N) is 2. The predicted molar refractivity (Wildman–Crippen MR) is 141 cm³/mol. The highest BCUT2D eigenvalue weighted by Gasteiger charge is 2.33. The molecule has 0 saturated carbocycles. The third-order valence-electron chi connectivity index (χ3n) is 5.43. The fourth-order valence-electron chi connectivity index (χ4n) is 4.03. The molecule has 0 unspecified atom stereocenters. The van der Waals surface area contributed by atoms with Gasteiger partial charge in [-0.05, 0) is 73.5 Å². The van der Waals surface area contributed by atoms with Crippen molar-refractivity contribution in [2.24, 2.45) is 0 Å². The molecule has 8 heteroatoms. The van der Waals surface area contributed by atoms with E-state index in [1.54, 1.807) is 25.1 Å². The number of anilines is 2. The average Bonchev–Trinajstić information content (AvgIpc) is 2.71. The van der Waals surface area contributed by atoms with E-state index < -0.39 is 4.12 Å². The summed E-state index contributed by atoms with van der Waals surface area (Å²) >= 11 is 0.972. The lowest BCUT2D eigenvalue weighted by atomic mass is 9.89. The molecule has 3 rings (SSSR count). The third kappa shape index (κ3) is 6.25. The standard InChI is InChI=1S/C25H29F2IN4O/c1-16(12-13-31(4)5)19-10-11-23-20(15-19)22(14-17(2)32(23)18(3)29)30-21-8-6-7-9-24(21)33-25(26,27)28/h6-13,15,17,22,29-30H,1,14H2,2-5H3/b13-12-,29-18?/t17-,22+/m0/s1. The number of amidine groups is 1. The van der Waals surface area contributed by atoms with E-state index in [9.17, 15) is 8.78 Å². The normalized spacial score (nSPS) is 18.1. The van der Waals surface area contributed by atoms with Gasteiger partial charge in [0.15, 0.2) is 0 Å². The Balaban J connectivity index is 2.03. The van der Waals surface area contributed by atoms with Crippen LogP contribution in [0.5, 0.6) is 5.75 Å². The number of alkyl halides is 3. The maximum Gasteiger partial charge on any atom is 0.451 e. The van der Waals surface area contributed by atoms with Gasteiger partial charge in [0, 0.05) is 25.8 Å². The van der Waals surface area contributed by atoms with Gasteiger partial charge in [-0.2, -0.15) is 8.78 Å². The molecule has 2 atom stereocenters. The molecule has 5 nitrogen and oxygen atoms in total. The average molecular weight is 566 g/mol. The lowest BCUT2D eigenvalue weighted by Gasteiger charge is -2.41. The highest BCUT2D eigenvalue weighted by atomic mass is 127. The van der Waals surface area contributed by atoms with Gasteiger partial charge in [0.2, 0.25) is 0 Å². The van der Waals surface area contributed by atoms with Gasteiger partial charge < -0.3 is 19.9 Å². The molecular formula is C25H29F2IN4O. The Morgan fingerprint density at radius 1 is 1.30 bits per heavy atom. The van der Waals surface area contributed by atoms with Crippen molar-refractivity contribution in [2.45, 2.75) is 36.5 Å². The predicted octanol–water partition coefficient (Wildman–Crippen LogP) is 6.89. The van der Waals surface area contributed by atoms with Crippen molar-refractivity contribution in [1.82, 2.24) is 4.90 Å². The van der Waals surface area contributed by atoms with Crippen LogP contribution in [0.4, 0.5) is 20.2 Å². The van der Waals surface area contributed by atoms with Crippen molar-refractivity contribution in [3.05, 3.63) is 72.4 Å². The second-order valence-electron chi connectivity index (χ2n) is 8.36. The lowest BCUT2D eigenvalue weighted by molar-refractivity contribution is -0.0687. The molecule has 0 saturated heterocycles.